The Bertz CT molecular complexity index is 546. The maximum absolute atomic E-state index is 5.36. The number of thioether (sulfide) groups is 1. The highest BCUT2D eigenvalue weighted by Crippen LogP contribution is 2.23. The van der Waals surface area contributed by atoms with Gasteiger partial charge in [0.25, 0.3) is 0 Å². The fraction of sp³-hybridized carbons (Fsp3) is 0.357. The number of hydrogen-bond donors (Lipinski definition) is 0. The van der Waals surface area contributed by atoms with Gasteiger partial charge in [0.05, 0.1) is 18.9 Å². The van der Waals surface area contributed by atoms with Crippen LogP contribution in [0.3, 0.4) is 0 Å². The first-order valence-corrected chi connectivity index (χ1v) is 7.58. The number of ether oxygens (including phenoxy) is 1. The highest BCUT2D eigenvalue weighted by molar-refractivity contribution is 7.98. The quantitative estimate of drug-likeness (QED) is 0.633. The van der Waals surface area contributed by atoms with Crippen LogP contribution < -0.4 is 4.90 Å². The lowest BCUT2D eigenvalue weighted by molar-refractivity contribution is 0.122. The van der Waals surface area contributed by atoms with Gasteiger partial charge in [0, 0.05) is 31.1 Å². The second kappa shape index (κ2) is 6.67. The number of aromatic nitrogens is 3. The summed E-state index contributed by atoms with van der Waals surface area (Å²) in [6.45, 7) is 3.31. The third-order valence-electron chi connectivity index (χ3n) is 3.06. The van der Waals surface area contributed by atoms with E-state index in [4.69, 9.17) is 4.74 Å². The summed E-state index contributed by atoms with van der Waals surface area (Å²) in [5.41, 5.74) is 1.06. The summed E-state index contributed by atoms with van der Waals surface area (Å²) in [6.07, 6.45) is 3.45. The van der Waals surface area contributed by atoms with E-state index in [0.717, 1.165) is 48.6 Å². The Morgan fingerprint density at radius 2 is 2.05 bits per heavy atom. The molecule has 1 fully saturated rings. The molecule has 0 atom stereocenters. The lowest BCUT2D eigenvalue weighted by atomic mass is 10.4. The van der Waals surface area contributed by atoms with E-state index >= 15 is 0 Å². The summed E-state index contributed by atoms with van der Waals surface area (Å²) in [4.78, 5) is 15.2. The number of nitrogens with zero attached hydrogens (tertiary/aromatic N) is 4. The Hall–Kier alpha value is -1.66. The zero-order chi connectivity index (χ0) is 13.6. The van der Waals surface area contributed by atoms with Gasteiger partial charge in [-0.25, -0.2) is 9.97 Å². The van der Waals surface area contributed by atoms with Crippen LogP contribution >= 0.6 is 11.8 Å². The summed E-state index contributed by atoms with van der Waals surface area (Å²) in [5, 5.41) is 0.979. The average molecular weight is 288 g/mol. The van der Waals surface area contributed by atoms with Crippen LogP contribution in [0.15, 0.2) is 41.8 Å². The van der Waals surface area contributed by atoms with Gasteiger partial charge in [-0.1, -0.05) is 17.8 Å². The van der Waals surface area contributed by atoms with Crippen LogP contribution in [-0.4, -0.2) is 41.3 Å². The largest absolute Gasteiger partial charge is 0.378 e. The van der Waals surface area contributed by atoms with Gasteiger partial charge in [0.2, 0.25) is 0 Å². The molecule has 1 saturated heterocycles. The highest BCUT2D eigenvalue weighted by atomic mass is 32.2. The molecule has 2 aromatic heterocycles. The van der Waals surface area contributed by atoms with E-state index in [2.05, 4.69) is 19.9 Å². The van der Waals surface area contributed by atoms with Crippen molar-refractivity contribution >= 4 is 17.6 Å². The Kier molecular flexibility index (Phi) is 4.45. The number of hydrogen-bond acceptors (Lipinski definition) is 6. The smallest absolute Gasteiger partial charge is 0.133 e. The van der Waals surface area contributed by atoms with Crippen molar-refractivity contribution in [2.24, 2.45) is 0 Å². The van der Waals surface area contributed by atoms with Crippen LogP contribution in [-0.2, 0) is 10.5 Å². The SMILES string of the molecule is c1ccc(CSc2cc(N3CCOCC3)ncn2)nc1. The molecule has 3 rings (SSSR count). The molecule has 3 heterocycles. The first-order valence-electron chi connectivity index (χ1n) is 6.59. The molecule has 0 amide bonds. The van der Waals surface area contributed by atoms with E-state index in [1.807, 2.05) is 30.5 Å². The molecule has 0 aliphatic carbocycles. The fourth-order valence-electron chi connectivity index (χ4n) is 2.01. The maximum Gasteiger partial charge on any atom is 0.133 e. The van der Waals surface area contributed by atoms with E-state index in [9.17, 15) is 0 Å². The highest BCUT2D eigenvalue weighted by Gasteiger charge is 2.13. The Balaban J connectivity index is 1.65. The molecule has 0 unspecified atom stereocenters. The van der Waals surface area contributed by atoms with Crippen LogP contribution in [0.25, 0.3) is 0 Å². The molecule has 1 aliphatic heterocycles. The van der Waals surface area contributed by atoms with Gasteiger partial charge in [0.15, 0.2) is 0 Å². The maximum atomic E-state index is 5.36. The topological polar surface area (TPSA) is 51.1 Å². The zero-order valence-corrected chi connectivity index (χ0v) is 11.9. The molecule has 0 aromatic carbocycles. The van der Waals surface area contributed by atoms with E-state index < -0.39 is 0 Å². The van der Waals surface area contributed by atoms with Gasteiger partial charge in [-0.2, -0.15) is 0 Å². The summed E-state index contributed by atoms with van der Waals surface area (Å²) < 4.78 is 5.36. The summed E-state index contributed by atoms with van der Waals surface area (Å²) in [5.74, 6) is 1.80. The Labute approximate surface area is 122 Å². The molecular weight excluding hydrogens is 272 g/mol. The monoisotopic (exact) mass is 288 g/mol. The fourth-order valence-corrected chi connectivity index (χ4v) is 2.78. The first kappa shape index (κ1) is 13.3. The number of pyridine rings is 1. The second-order valence-electron chi connectivity index (χ2n) is 4.42. The van der Waals surface area contributed by atoms with Gasteiger partial charge in [-0.3, -0.25) is 4.98 Å². The lowest BCUT2D eigenvalue weighted by Gasteiger charge is -2.27. The van der Waals surface area contributed by atoms with E-state index in [-0.39, 0.29) is 0 Å². The van der Waals surface area contributed by atoms with Crippen LogP contribution in [0.5, 0.6) is 0 Å². The minimum atomic E-state index is 0.764. The molecule has 5 nitrogen and oxygen atoms in total. The van der Waals surface area contributed by atoms with Crippen molar-refractivity contribution in [1.82, 2.24) is 15.0 Å². The molecule has 1 aliphatic rings. The van der Waals surface area contributed by atoms with Gasteiger partial charge in [-0.15, -0.1) is 0 Å². The predicted molar refractivity (Wildman–Crippen MR) is 78.9 cm³/mol. The predicted octanol–water partition coefficient (Wildman–Crippen LogP) is 2.00. The summed E-state index contributed by atoms with van der Waals surface area (Å²) in [7, 11) is 0. The molecule has 6 heteroatoms. The van der Waals surface area contributed by atoms with Crippen LogP contribution in [0.4, 0.5) is 5.82 Å². The number of rotatable bonds is 4. The number of anilines is 1. The first-order chi connectivity index (χ1) is 9.92. The minimum Gasteiger partial charge on any atom is -0.378 e. The molecule has 0 N–H and O–H groups in total. The molecule has 0 radical (unpaired) electrons. The van der Waals surface area contributed by atoms with Crippen LogP contribution in [0.1, 0.15) is 5.69 Å². The van der Waals surface area contributed by atoms with Crippen molar-refractivity contribution < 1.29 is 4.74 Å². The summed E-state index contributed by atoms with van der Waals surface area (Å²) in [6, 6.07) is 7.99. The van der Waals surface area contributed by atoms with Crippen molar-refractivity contribution in [2.45, 2.75) is 10.8 Å². The van der Waals surface area contributed by atoms with Gasteiger partial charge in [-0.05, 0) is 12.1 Å². The molecule has 104 valence electrons. The van der Waals surface area contributed by atoms with Gasteiger partial charge < -0.3 is 9.64 Å². The van der Waals surface area contributed by atoms with E-state index in [1.54, 1.807) is 18.1 Å². The molecule has 0 saturated carbocycles. The van der Waals surface area contributed by atoms with E-state index in [0.29, 0.717) is 0 Å². The normalized spacial score (nSPS) is 15.3. The van der Waals surface area contributed by atoms with Crippen molar-refractivity contribution in [1.29, 1.82) is 0 Å². The molecule has 0 bridgehead atoms. The Morgan fingerprint density at radius 3 is 2.85 bits per heavy atom. The Morgan fingerprint density at radius 1 is 1.15 bits per heavy atom. The molecule has 20 heavy (non-hydrogen) atoms. The van der Waals surface area contributed by atoms with Gasteiger partial charge >= 0.3 is 0 Å². The van der Waals surface area contributed by atoms with Crippen LogP contribution in [0.2, 0.25) is 0 Å². The lowest BCUT2D eigenvalue weighted by Crippen LogP contribution is -2.36. The summed E-state index contributed by atoms with van der Waals surface area (Å²) >= 11 is 1.68. The third-order valence-corrected chi connectivity index (χ3v) is 4.02. The number of morpholine rings is 1. The molecule has 2 aromatic rings. The van der Waals surface area contributed by atoms with Crippen molar-refractivity contribution in [3.63, 3.8) is 0 Å². The third kappa shape index (κ3) is 3.46. The van der Waals surface area contributed by atoms with Crippen molar-refractivity contribution in [2.75, 3.05) is 31.2 Å². The zero-order valence-electron chi connectivity index (χ0n) is 11.1. The standard InChI is InChI=1S/C14H16N4OS/c1-2-4-15-12(3-1)10-20-14-9-13(16-11-17-14)18-5-7-19-8-6-18/h1-4,9,11H,5-8,10H2. The van der Waals surface area contributed by atoms with Crippen molar-refractivity contribution in [3.05, 3.63) is 42.5 Å². The molecule has 0 spiro atoms. The minimum absolute atomic E-state index is 0.764. The second-order valence-corrected chi connectivity index (χ2v) is 5.42. The average Bonchev–Trinajstić information content (AvgIpc) is 2.55. The molecular formula is C14H16N4OS. The van der Waals surface area contributed by atoms with E-state index in [1.165, 1.54) is 0 Å². The van der Waals surface area contributed by atoms with Gasteiger partial charge in [0.1, 0.15) is 17.2 Å². The van der Waals surface area contributed by atoms with Crippen molar-refractivity contribution in [3.8, 4) is 0 Å². The van der Waals surface area contributed by atoms with Crippen LogP contribution in [0, 0.1) is 0 Å².